The van der Waals surface area contributed by atoms with E-state index in [4.69, 9.17) is 17.2 Å². The van der Waals surface area contributed by atoms with E-state index in [2.05, 4.69) is 4.90 Å². The Morgan fingerprint density at radius 1 is 1.29 bits per heavy atom. The van der Waals surface area contributed by atoms with Gasteiger partial charge in [-0.05, 0) is 43.9 Å². The summed E-state index contributed by atoms with van der Waals surface area (Å²) in [6, 6.07) is 3.79. The number of hydrogen-bond donors (Lipinski definition) is 0. The molecule has 0 aromatic carbocycles. The van der Waals surface area contributed by atoms with Gasteiger partial charge in [0.1, 0.15) is 15.8 Å². The zero-order valence-electron chi connectivity index (χ0n) is 16.0. The fraction of sp³-hybridized carbons (Fsp3) is 0.400. The van der Waals surface area contributed by atoms with Gasteiger partial charge < -0.3 is 4.90 Å². The number of amides is 1. The Balaban J connectivity index is 1.89. The Morgan fingerprint density at radius 3 is 2.75 bits per heavy atom. The quantitative estimate of drug-likeness (QED) is 0.566. The van der Waals surface area contributed by atoms with Crippen LogP contribution in [0.1, 0.15) is 37.3 Å². The molecule has 0 bridgehead atoms. The van der Waals surface area contributed by atoms with Crippen LogP contribution in [-0.4, -0.2) is 44.1 Å². The third kappa shape index (κ3) is 3.24. The van der Waals surface area contributed by atoms with E-state index in [1.807, 2.05) is 26.0 Å². The van der Waals surface area contributed by atoms with E-state index < -0.39 is 0 Å². The lowest BCUT2D eigenvalue weighted by molar-refractivity contribution is -0.122. The number of nitrogens with zero attached hydrogens (tertiary/aromatic N) is 4. The molecule has 2 fully saturated rings. The van der Waals surface area contributed by atoms with Gasteiger partial charge in [-0.25, -0.2) is 4.98 Å². The minimum absolute atomic E-state index is 0.127. The largest absolute Gasteiger partial charge is 0.356 e. The van der Waals surface area contributed by atoms with Gasteiger partial charge in [0.2, 0.25) is 0 Å². The zero-order chi connectivity index (χ0) is 19.8. The molecule has 2 aliphatic heterocycles. The van der Waals surface area contributed by atoms with Crippen molar-refractivity contribution in [2.24, 2.45) is 0 Å². The maximum Gasteiger partial charge on any atom is 0.267 e. The summed E-state index contributed by atoms with van der Waals surface area (Å²) in [6.07, 6.45) is 6.40. The number of hydrogen-bond acceptors (Lipinski definition) is 6. The van der Waals surface area contributed by atoms with Crippen molar-refractivity contribution in [1.29, 1.82) is 0 Å². The van der Waals surface area contributed by atoms with Crippen LogP contribution in [0.5, 0.6) is 0 Å². The molecule has 0 unspecified atom stereocenters. The monoisotopic (exact) mass is 414 g/mol. The first-order valence-electron chi connectivity index (χ1n) is 9.53. The molecule has 2 aliphatic rings. The van der Waals surface area contributed by atoms with Gasteiger partial charge in [-0.3, -0.25) is 18.9 Å². The number of thiocarbonyl (C=S) groups is 1. The number of thioether (sulfide) groups is 1. The normalized spacial score (nSPS) is 18.9. The Kier molecular flexibility index (Phi) is 5.25. The summed E-state index contributed by atoms with van der Waals surface area (Å²) in [6.45, 7) is 6.29. The van der Waals surface area contributed by atoms with E-state index in [-0.39, 0.29) is 11.5 Å². The van der Waals surface area contributed by atoms with E-state index >= 15 is 0 Å². The fourth-order valence-electron chi connectivity index (χ4n) is 3.64. The van der Waals surface area contributed by atoms with Crippen LogP contribution in [0.25, 0.3) is 11.7 Å². The highest BCUT2D eigenvalue weighted by molar-refractivity contribution is 8.26. The molecule has 0 saturated carbocycles. The SMILES string of the molecule is CCCN1C(=O)/C(=C\c2c(N3CCCC3)nc3c(C)cccn3c2=O)SC1=S. The van der Waals surface area contributed by atoms with E-state index in [1.54, 1.807) is 21.6 Å². The van der Waals surface area contributed by atoms with Crippen molar-refractivity contribution < 1.29 is 4.79 Å². The number of carbonyl (C=O) groups excluding carboxylic acids is 1. The van der Waals surface area contributed by atoms with Gasteiger partial charge in [0, 0.05) is 25.8 Å². The summed E-state index contributed by atoms with van der Waals surface area (Å²) in [7, 11) is 0. The van der Waals surface area contributed by atoms with Crippen LogP contribution in [0.3, 0.4) is 0 Å². The Labute approximate surface area is 173 Å². The van der Waals surface area contributed by atoms with Crippen molar-refractivity contribution in [3.05, 3.63) is 44.7 Å². The maximum atomic E-state index is 13.3. The molecule has 0 atom stereocenters. The highest BCUT2D eigenvalue weighted by Crippen LogP contribution is 2.34. The summed E-state index contributed by atoms with van der Waals surface area (Å²) in [5, 5.41) is 0. The van der Waals surface area contributed by atoms with E-state index in [1.165, 1.54) is 11.8 Å². The third-order valence-corrected chi connectivity index (χ3v) is 6.44. The molecule has 6 nitrogen and oxygen atoms in total. The molecule has 0 radical (unpaired) electrons. The van der Waals surface area contributed by atoms with Gasteiger partial charge in [-0.2, -0.15) is 0 Å². The van der Waals surface area contributed by atoms with Gasteiger partial charge in [0.25, 0.3) is 11.5 Å². The Morgan fingerprint density at radius 2 is 2.04 bits per heavy atom. The van der Waals surface area contributed by atoms with Crippen LogP contribution in [0.2, 0.25) is 0 Å². The predicted octanol–water partition coefficient (Wildman–Crippen LogP) is 3.21. The lowest BCUT2D eigenvalue weighted by Gasteiger charge is -2.20. The van der Waals surface area contributed by atoms with Crippen molar-refractivity contribution in [2.45, 2.75) is 33.1 Å². The van der Waals surface area contributed by atoms with Crippen molar-refractivity contribution in [3.8, 4) is 0 Å². The van der Waals surface area contributed by atoms with Crippen LogP contribution < -0.4 is 10.5 Å². The average molecular weight is 415 g/mol. The summed E-state index contributed by atoms with van der Waals surface area (Å²) in [5.41, 5.74) is 1.91. The number of rotatable bonds is 4. The molecule has 2 aromatic heterocycles. The number of fused-ring (bicyclic) bond motifs is 1. The van der Waals surface area contributed by atoms with E-state index in [0.29, 0.717) is 32.8 Å². The molecule has 4 rings (SSSR count). The number of pyridine rings is 1. The predicted molar refractivity (Wildman–Crippen MR) is 118 cm³/mol. The lowest BCUT2D eigenvalue weighted by Crippen LogP contribution is -2.29. The molecular weight excluding hydrogens is 392 g/mol. The van der Waals surface area contributed by atoms with Crippen molar-refractivity contribution in [2.75, 3.05) is 24.5 Å². The second-order valence-corrected chi connectivity index (χ2v) is 8.74. The summed E-state index contributed by atoms with van der Waals surface area (Å²) in [5.74, 6) is 0.538. The van der Waals surface area contributed by atoms with Crippen LogP contribution in [0.15, 0.2) is 28.0 Å². The maximum absolute atomic E-state index is 13.3. The zero-order valence-corrected chi connectivity index (χ0v) is 17.6. The first-order chi connectivity index (χ1) is 13.5. The first kappa shape index (κ1) is 19.1. The smallest absolute Gasteiger partial charge is 0.267 e. The van der Waals surface area contributed by atoms with E-state index in [9.17, 15) is 9.59 Å². The number of anilines is 1. The van der Waals surface area contributed by atoms with Gasteiger partial charge >= 0.3 is 0 Å². The Hall–Kier alpha value is -2.19. The van der Waals surface area contributed by atoms with Crippen molar-refractivity contribution >= 4 is 51.7 Å². The summed E-state index contributed by atoms with van der Waals surface area (Å²) in [4.78, 5) is 35.2. The van der Waals surface area contributed by atoms with E-state index in [0.717, 1.165) is 37.9 Å². The van der Waals surface area contributed by atoms with Gasteiger partial charge in [-0.15, -0.1) is 0 Å². The van der Waals surface area contributed by atoms with Gasteiger partial charge in [-0.1, -0.05) is 37.0 Å². The highest BCUT2D eigenvalue weighted by atomic mass is 32.2. The van der Waals surface area contributed by atoms with Crippen molar-refractivity contribution in [3.63, 3.8) is 0 Å². The van der Waals surface area contributed by atoms with Gasteiger partial charge in [0.05, 0.1) is 10.5 Å². The standard InChI is InChI=1S/C20H22N4O2S2/c1-3-8-24-19(26)15(28-20(24)27)12-14-17(22-9-4-5-10-22)21-16-13(2)7-6-11-23(16)18(14)25/h6-7,11-12H,3-5,8-10H2,1-2H3/b15-12+. The third-order valence-electron chi connectivity index (χ3n) is 5.07. The molecule has 1 amide bonds. The fourth-order valence-corrected chi connectivity index (χ4v) is 4.93. The summed E-state index contributed by atoms with van der Waals surface area (Å²) < 4.78 is 2.11. The number of aromatic nitrogens is 2. The molecule has 0 N–H and O–H groups in total. The van der Waals surface area contributed by atoms with Crippen LogP contribution in [-0.2, 0) is 4.79 Å². The topological polar surface area (TPSA) is 57.9 Å². The van der Waals surface area contributed by atoms with Crippen LogP contribution in [0.4, 0.5) is 5.82 Å². The summed E-state index contributed by atoms with van der Waals surface area (Å²) >= 11 is 6.62. The molecule has 4 heterocycles. The number of aryl methyl sites for hydroxylation is 1. The van der Waals surface area contributed by atoms with Crippen LogP contribution >= 0.6 is 24.0 Å². The average Bonchev–Trinajstić information content (AvgIpc) is 3.29. The molecule has 2 aromatic rings. The van der Waals surface area contributed by atoms with Gasteiger partial charge in [0.15, 0.2) is 0 Å². The van der Waals surface area contributed by atoms with Crippen molar-refractivity contribution in [1.82, 2.24) is 14.3 Å². The molecule has 2 saturated heterocycles. The second kappa shape index (κ2) is 7.67. The molecular formula is C20H22N4O2S2. The molecule has 146 valence electrons. The molecule has 28 heavy (non-hydrogen) atoms. The second-order valence-electron chi connectivity index (χ2n) is 7.07. The lowest BCUT2D eigenvalue weighted by atomic mass is 10.2. The highest BCUT2D eigenvalue weighted by Gasteiger charge is 2.32. The van der Waals surface area contributed by atoms with Crippen LogP contribution in [0, 0.1) is 6.92 Å². The minimum atomic E-state index is -0.156. The number of carbonyl (C=O) groups is 1. The molecule has 0 spiro atoms. The molecule has 8 heteroatoms. The minimum Gasteiger partial charge on any atom is -0.356 e. The first-order valence-corrected chi connectivity index (χ1v) is 10.8. The molecule has 0 aliphatic carbocycles. The Bertz CT molecular complexity index is 1050.